The Kier molecular flexibility index (Phi) is 6.36. The number of piperazine rings is 1. The minimum absolute atomic E-state index is 0.0295. The Balaban J connectivity index is 1.38. The van der Waals surface area contributed by atoms with E-state index in [1.165, 1.54) is 23.5 Å². The first kappa shape index (κ1) is 22.3. The van der Waals surface area contributed by atoms with Crippen molar-refractivity contribution < 1.29 is 9.52 Å². The molecule has 1 aliphatic heterocycles. The highest BCUT2D eigenvalue weighted by atomic mass is 79.9. The molecule has 1 amide bonds. The molecule has 5 rings (SSSR count). The lowest BCUT2D eigenvalue weighted by Crippen LogP contribution is -2.50. The van der Waals surface area contributed by atoms with Gasteiger partial charge >= 0.3 is 0 Å². The molecule has 8 heteroatoms. The van der Waals surface area contributed by atoms with Crippen molar-refractivity contribution in [2.45, 2.75) is 25.3 Å². The van der Waals surface area contributed by atoms with Gasteiger partial charge in [-0.2, -0.15) is 4.73 Å². The van der Waals surface area contributed by atoms with E-state index >= 15 is 0 Å². The molecule has 2 aliphatic rings. The van der Waals surface area contributed by atoms with Crippen LogP contribution in [0.3, 0.4) is 0 Å². The quantitative estimate of drug-likeness (QED) is 0.385. The summed E-state index contributed by atoms with van der Waals surface area (Å²) >= 11 is 10.3. The third-order valence-electron chi connectivity index (χ3n) is 6.57. The Labute approximate surface area is 206 Å². The van der Waals surface area contributed by atoms with Gasteiger partial charge in [-0.25, -0.2) is 0 Å². The summed E-state index contributed by atoms with van der Waals surface area (Å²) in [5, 5.41) is 12.0. The zero-order valence-electron chi connectivity index (χ0n) is 18.1. The molecule has 1 unspecified atom stereocenters. The van der Waals surface area contributed by atoms with Gasteiger partial charge in [0, 0.05) is 54.0 Å². The van der Waals surface area contributed by atoms with Crippen LogP contribution in [0.4, 0.5) is 0 Å². The molecule has 6 nitrogen and oxygen atoms in total. The molecule has 0 N–H and O–H groups in total. The molecule has 33 heavy (non-hydrogen) atoms. The molecule has 170 valence electrons. The van der Waals surface area contributed by atoms with E-state index in [9.17, 15) is 10.0 Å². The highest BCUT2D eigenvalue weighted by Gasteiger charge is 2.34. The number of pyridine rings is 2. The second kappa shape index (κ2) is 9.41. The summed E-state index contributed by atoms with van der Waals surface area (Å²) in [5.41, 5.74) is 5.55. The maximum absolute atomic E-state index is 12.9. The van der Waals surface area contributed by atoms with Crippen LogP contribution in [0.2, 0.25) is 5.02 Å². The van der Waals surface area contributed by atoms with Gasteiger partial charge in [-0.3, -0.25) is 14.7 Å². The summed E-state index contributed by atoms with van der Waals surface area (Å²) < 4.78 is 1.71. The predicted octanol–water partition coefficient (Wildman–Crippen LogP) is 3.71. The second-order valence-electron chi connectivity index (χ2n) is 8.57. The number of rotatable bonds is 3. The number of halogens is 2. The van der Waals surface area contributed by atoms with Gasteiger partial charge in [0.25, 0.3) is 0 Å². The Hall–Kier alpha value is -2.48. The van der Waals surface area contributed by atoms with Crippen molar-refractivity contribution in [2.24, 2.45) is 0 Å². The van der Waals surface area contributed by atoms with E-state index in [1.54, 1.807) is 12.1 Å². The molecule has 0 spiro atoms. The molecule has 1 aromatic carbocycles. The zero-order valence-corrected chi connectivity index (χ0v) is 20.4. The van der Waals surface area contributed by atoms with Crippen LogP contribution < -0.4 is 4.73 Å². The highest BCUT2D eigenvalue weighted by molar-refractivity contribution is 9.10. The summed E-state index contributed by atoms with van der Waals surface area (Å²) in [6, 6.07) is 11.7. The topological polar surface area (TPSA) is 63.4 Å². The van der Waals surface area contributed by atoms with Crippen LogP contribution in [0.25, 0.3) is 0 Å². The van der Waals surface area contributed by atoms with E-state index in [2.05, 4.69) is 33.0 Å². The minimum atomic E-state index is -0.0295. The van der Waals surface area contributed by atoms with Gasteiger partial charge in [0.15, 0.2) is 12.4 Å². The molecule has 3 heterocycles. The normalized spacial score (nSPS) is 18.4. The molecule has 0 bridgehead atoms. The monoisotopic (exact) mass is 526 g/mol. The largest absolute Gasteiger partial charge is 0.619 e. The lowest BCUT2D eigenvalue weighted by Gasteiger charge is -2.40. The number of aryl methyl sites for hydroxylation is 2. The summed E-state index contributed by atoms with van der Waals surface area (Å²) in [6.45, 7) is 2.78. The number of hydrogen-bond acceptors (Lipinski definition) is 4. The number of carbonyl (C=O) groups excluding carboxylic acids is 1. The fourth-order valence-corrected chi connectivity index (χ4v) is 5.56. The first-order valence-electron chi connectivity index (χ1n) is 11.1. The average Bonchev–Trinajstić information content (AvgIpc) is 2.98. The van der Waals surface area contributed by atoms with Crippen molar-refractivity contribution in [3.05, 3.63) is 97.6 Å². The van der Waals surface area contributed by atoms with Crippen LogP contribution in [0.1, 0.15) is 34.0 Å². The Morgan fingerprint density at radius 2 is 1.85 bits per heavy atom. The summed E-state index contributed by atoms with van der Waals surface area (Å²) in [4.78, 5) is 22.0. The fraction of sp³-hybridized carbons (Fsp3) is 0.320. The van der Waals surface area contributed by atoms with E-state index in [0.717, 1.165) is 57.0 Å². The average molecular weight is 528 g/mol. The number of fused-ring (bicyclic) bond motifs is 2. The van der Waals surface area contributed by atoms with Gasteiger partial charge in [0.2, 0.25) is 5.91 Å². The number of aromatic nitrogens is 2. The van der Waals surface area contributed by atoms with Crippen molar-refractivity contribution in [1.82, 2.24) is 14.8 Å². The van der Waals surface area contributed by atoms with Gasteiger partial charge < -0.3 is 10.1 Å². The minimum Gasteiger partial charge on any atom is -0.619 e. The number of benzene rings is 1. The second-order valence-corrected chi connectivity index (χ2v) is 9.90. The molecule has 0 saturated carbocycles. The molecule has 3 aromatic rings. The summed E-state index contributed by atoms with van der Waals surface area (Å²) in [6.07, 6.45) is 6.87. The third kappa shape index (κ3) is 4.63. The maximum atomic E-state index is 12.9. The third-order valence-corrected chi connectivity index (χ3v) is 7.33. The SMILES string of the molecule is O=C(Cc1cc[n+]([O-])cc1)N1CCN(C2c3ncc(Br)cc3CCc3cccc(Cl)c32)CC1. The van der Waals surface area contributed by atoms with Gasteiger partial charge in [-0.1, -0.05) is 23.7 Å². The van der Waals surface area contributed by atoms with Crippen molar-refractivity contribution in [1.29, 1.82) is 0 Å². The Bertz CT molecular complexity index is 1180. The summed E-state index contributed by atoms with van der Waals surface area (Å²) in [5.74, 6) is 0.0834. The van der Waals surface area contributed by atoms with Crippen molar-refractivity contribution in [3.63, 3.8) is 0 Å². The predicted molar refractivity (Wildman–Crippen MR) is 130 cm³/mol. The summed E-state index contributed by atoms with van der Waals surface area (Å²) in [7, 11) is 0. The van der Waals surface area contributed by atoms with E-state index in [4.69, 9.17) is 16.6 Å². The molecular formula is C25H24BrClN4O2. The zero-order chi connectivity index (χ0) is 22.9. The van der Waals surface area contributed by atoms with Crippen LogP contribution in [0, 0.1) is 5.21 Å². The lowest BCUT2D eigenvalue weighted by atomic mass is 9.96. The molecule has 2 aromatic heterocycles. The Morgan fingerprint density at radius 3 is 2.61 bits per heavy atom. The van der Waals surface area contributed by atoms with Crippen LogP contribution in [0.5, 0.6) is 0 Å². The van der Waals surface area contributed by atoms with Gasteiger partial charge in [-0.15, -0.1) is 0 Å². The van der Waals surface area contributed by atoms with Gasteiger partial charge in [0.1, 0.15) is 0 Å². The van der Waals surface area contributed by atoms with E-state index < -0.39 is 0 Å². The van der Waals surface area contributed by atoms with Crippen LogP contribution in [0.15, 0.2) is 59.5 Å². The molecule has 0 radical (unpaired) electrons. The van der Waals surface area contributed by atoms with Crippen LogP contribution in [-0.2, 0) is 24.1 Å². The number of amides is 1. The lowest BCUT2D eigenvalue weighted by molar-refractivity contribution is -0.605. The number of carbonyl (C=O) groups is 1. The van der Waals surface area contributed by atoms with Crippen LogP contribution >= 0.6 is 27.5 Å². The number of nitrogens with zero attached hydrogens (tertiary/aromatic N) is 4. The van der Waals surface area contributed by atoms with Crippen molar-refractivity contribution >= 4 is 33.4 Å². The van der Waals surface area contributed by atoms with Crippen molar-refractivity contribution in [3.8, 4) is 0 Å². The molecular weight excluding hydrogens is 504 g/mol. The van der Waals surface area contributed by atoms with E-state index in [1.807, 2.05) is 23.2 Å². The first-order valence-corrected chi connectivity index (χ1v) is 12.3. The highest BCUT2D eigenvalue weighted by Crippen LogP contribution is 2.40. The molecule has 1 aliphatic carbocycles. The van der Waals surface area contributed by atoms with Crippen LogP contribution in [-0.4, -0.2) is 46.9 Å². The molecule has 1 atom stereocenters. The fourth-order valence-electron chi connectivity index (χ4n) is 4.88. The maximum Gasteiger partial charge on any atom is 0.227 e. The first-order chi connectivity index (χ1) is 16.0. The van der Waals surface area contributed by atoms with E-state index in [0.29, 0.717) is 19.5 Å². The number of hydrogen-bond donors (Lipinski definition) is 0. The van der Waals surface area contributed by atoms with E-state index in [-0.39, 0.29) is 11.9 Å². The van der Waals surface area contributed by atoms with Crippen molar-refractivity contribution in [2.75, 3.05) is 26.2 Å². The molecule has 1 saturated heterocycles. The standard InChI is InChI=1S/C25H24BrClN4O2/c26-20-15-19-5-4-18-2-1-3-21(27)23(18)25(24(19)28-16-20)30-12-10-29(11-13-30)22(32)14-17-6-8-31(33)9-7-17/h1-3,6-9,15-16,25H,4-5,10-14H2. The molecule has 1 fully saturated rings. The van der Waals surface area contributed by atoms with Gasteiger partial charge in [0.05, 0.1) is 18.2 Å². The Morgan fingerprint density at radius 1 is 1.12 bits per heavy atom. The smallest absolute Gasteiger partial charge is 0.227 e. The van der Waals surface area contributed by atoms with Gasteiger partial charge in [-0.05, 0) is 63.2 Å².